The van der Waals surface area contributed by atoms with E-state index in [1.165, 1.54) is 11.1 Å². The smallest absolute Gasteiger partial charge is 0.227 e. The second kappa shape index (κ2) is 8.64. The Morgan fingerprint density at radius 2 is 2.06 bits per heavy atom. The molecule has 2 aromatic heterocycles. The third-order valence-corrected chi connectivity index (χ3v) is 5.27. The van der Waals surface area contributed by atoms with E-state index in [-0.39, 0.29) is 0 Å². The number of hydrogen-bond acceptors (Lipinski definition) is 7. The summed E-state index contributed by atoms with van der Waals surface area (Å²) in [7, 11) is 1.99. The molecule has 0 unspecified atom stereocenters. The van der Waals surface area contributed by atoms with Gasteiger partial charge in [0.05, 0.1) is 5.52 Å². The fourth-order valence-corrected chi connectivity index (χ4v) is 3.64. The molecule has 4 aromatic rings. The number of rotatable bonds is 6. The van der Waals surface area contributed by atoms with E-state index in [4.69, 9.17) is 4.74 Å². The summed E-state index contributed by atoms with van der Waals surface area (Å²) < 4.78 is 6.10. The van der Waals surface area contributed by atoms with Gasteiger partial charge in [-0.15, -0.1) is 0 Å². The summed E-state index contributed by atoms with van der Waals surface area (Å²) >= 11 is 0. The number of anilines is 2. The highest BCUT2D eigenvalue weighted by atomic mass is 16.5. The molecule has 7 heteroatoms. The quantitative estimate of drug-likeness (QED) is 0.474. The minimum absolute atomic E-state index is 0.444. The SMILES string of the molecule is Cc1ccc2nc(Nc3cc(OCc4cccnc4)cc(C4=CN(C)NC4)c3)ncc2c1. The molecule has 0 fully saturated rings. The maximum Gasteiger partial charge on any atom is 0.227 e. The Labute approximate surface area is 186 Å². The van der Waals surface area contributed by atoms with Crippen LogP contribution in [0, 0.1) is 6.92 Å². The van der Waals surface area contributed by atoms with Gasteiger partial charge in [0.25, 0.3) is 0 Å². The molecule has 0 bridgehead atoms. The van der Waals surface area contributed by atoms with E-state index in [1.807, 2.05) is 48.7 Å². The van der Waals surface area contributed by atoms with Crippen LogP contribution in [0.3, 0.4) is 0 Å². The van der Waals surface area contributed by atoms with Gasteiger partial charge < -0.3 is 15.1 Å². The highest BCUT2D eigenvalue weighted by Gasteiger charge is 2.13. The Hall–Kier alpha value is -3.97. The van der Waals surface area contributed by atoms with Crippen LogP contribution in [0.2, 0.25) is 0 Å². The van der Waals surface area contributed by atoms with Crippen LogP contribution in [-0.4, -0.2) is 33.6 Å². The lowest BCUT2D eigenvalue weighted by atomic mass is 10.1. The molecule has 0 atom stereocenters. The molecule has 5 rings (SSSR count). The zero-order valence-electron chi connectivity index (χ0n) is 18.0. The molecule has 0 spiro atoms. The number of ether oxygens (including phenoxy) is 1. The number of pyridine rings is 1. The van der Waals surface area contributed by atoms with E-state index in [0.29, 0.717) is 12.6 Å². The summed E-state index contributed by atoms with van der Waals surface area (Å²) in [5, 5.41) is 6.33. The van der Waals surface area contributed by atoms with E-state index < -0.39 is 0 Å². The topological polar surface area (TPSA) is 75.2 Å². The molecule has 1 aliphatic rings. The third-order valence-electron chi connectivity index (χ3n) is 5.27. The van der Waals surface area contributed by atoms with Crippen LogP contribution < -0.4 is 15.5 Å². The first kappa shape index (κ1) is 20.0. The van der Waals surface area contributed by atoms with E-state index in [2.05, 4.69) is 63.1 Å². The van der Waals surface area contributed by atoms with Crippen molar-refractivity contribution in [2.75, 3.05) is 18.9 Å². The summed E-state index contributed by atoms with van der Waals surface area (Å²) in [5.41, 5.74) is 9.51. The standard InChI is InChI=1S/C25H24N6O/c1-17-5-6-24-20(8-17)13-27-25(30-24)29-22-9-19(21-14-28-31(2)15-21)10-23(11-22)32-16-18-4-3-7-26-12-18/h3-13,15,28H,14,16H2,1-2H3,(H,27,29,30). The molecule has 32 heavy (non-hydrogen) atoms. The Balaban J connectivity index is 1.44. The first-order valence-electron chi connectivity index (χ1n) is 10.5. The number of nitrogens with zero attached hydrogens (tertiary/aromatic N) is 4. The normalized spacial score (nSPS) is 13.3. The predicted molar refractivity (Wildman–Crippen MR) is 126 cm³/mol. The number of aryl methyl sites for hydroxylation is 1. The van der Waals surface area contributed by atoms with Crippen LogP contribution in [0.4, 0.5) is 11.6 Å². The lowest BCUT2D eigenvalue weighted by Crippen LogP contribution is -2.23. The number of hydrazine groups is 1. The summed E-state index contributed by atoms with van der Waals surface area (Å²) in [6.07, 6.45) is 7.50. The Kier molecular flexibility index (Phi) is 5.39. The van der Waals surface area contributed by atoms with Crippen molar-refractivity contribution in [1.29, 1.82) is 0 Å². The maximum atomic E-state index is 6.10. The summed E-state index contributed by atoms with van der Waals surface area (Å²) in [4.78, 5) is 13.3. The number of hydrogen-bond donors (Lipinski definition) is 2. The van der Waals surface area contributed by atoms with Crippen molar-refractivity contribution in [3.8, 4) is 5.75 Å². The highest BCUT2D eigenvalue weighted by molar-refractivity contribution is 5.80. The van der Waals surface area contributed by atoms with Crippen LogP contribution in [0.1, 0.15) is 16.7 Å². The van der Waals surface area contributed by atoms with Gasteiger partial charge in [0, 0.05) is 61.1 Å². The minimum atomic E-state index is 0.444. The molecule has 3 heterocycles. The van der Waals surface area contributed by atoms with Crippen LogP contribution in [-0.2, 0) is 6.61 Å². The fourth-order valence-electron chi connectivity index (χ4n) is 3.64. The highest BCUT2D eigenvalue weighted by Crippen LogP contribution is 2.29. The third kappa shape index (κ3) is 4.53. The molecule has 0 aliphatic carbocycles. The van der Waals surface area contributed by atoms with Crippen LogP contribution in [0.25, 0.3) is 16.5 Å². The molecule has 160 valence electrons. The Morgan fingerprint density at radius 3 is 2.88 bits per heavy atom. The first-order chi connectivity index (χ1) is 15.6. The predicted octanol–water partition coefficient (Wildman–Crippen LogP) is 4.45. The van der Waals surface area contributed by atoms with Crippen molar-refractivity contribution in [2.24, 2.45) is 0 Å². The number of nitrogens with one attached hydrogen (secondary N) is 2. The van der Waals surface area contributed by atoms with Gasteiger partial charge in [-0.2, -0.15) is 0 Å². The van der Waals surface area contributed by atoms with E-state index in [0.717, 1.165) is 40.0 Å². The Morgan fingerprint density at radius 1 is 1.12 bits per heavy atom. The molecule has 0 amide bonds. The number of aromatic nitrogens is 3. The second-order valence-electron chi connectivity index (χ2n) is 7.88. The fraction of sp³-hybridized carbons (Fsp3) is 0.160. The molecule has 0 saturated heterocycles. The van der Waals surface area contributed by atoms with Crippen LogP contribution >= 0.6 is 0 Å². The summed E-state index contributed by atoms with van der Waals surface area (Å²) in [6, 6.07) is 16.2. The molecular formula is C25H24N6O. The number of benzene rings is 2. The van der Waals surface area contributed by atoms with E-state index in [1.54, 1.807) is 6.20 Å². The second-order valence-corrected chi connectivity index (χ2v) is 7.88. The largest absolute Gasteiger partial charge is 0.489 e. The van der Waals surface area contributed by atoms with Gasteiger partial charge in [0.1, 0.15) is 12.4 Å². The zero-order valence-corrected chi connectivity index (χ0v) is 18.0. The van der Waals surface area contributed by atoms with Crippen molar-refractivity contribution in [3.63, 3.8) is 0 Å². The van der Waals surface area contributed by atoms with Gasteiger partial charge in [-0.05, 0) is 48.4 Å². The molecule has 0 radical (unpaired) electrons. The van der Waals surface area contributed by atoms with Crippen molar-refractivity contribution in [2.45, 2.75) is 13.5 Å². The minimum Gasteiger partial charge on any atom is -0.489 e. The van der Waals surface area contributed by atoms with Gasteiger partial charge in [0.2, 0.25) is 5.95 Å². The monoisotopic (exact) mass is 424 g/mol. The lowest BCUT2D eigenvalue weighted by Gasteiger charge is -2.13. The molecule has 0 saturated carbocycles. The van der Waals surface area contributed by atoms with Crippen molar-refractivity contribution < 1.29 is 4.74 Å². The Bertz CT molecular complexity index is 1290. The summed E-state index contributed by atoms with van der Waals surface area (Å²) in [6.45, 7) is 3.27. The molecule has 2 aromatic carbocycles. The molecular weight excluding hydrogens is 400 g/mol. The van der Waals surface area contributed by atoms with Gasteiger partial charge in [0.15, 0.2) is 0 Å². The summed E-state index contributed by atoms with van der Waals surface area (Å²) in [5.74, 6) is 1.31. The average Bonchev–Trinajstić information content (AvgIpc) is 3.25. The molecule has 7 nitrogen and oxygen atoms in total. The van der Waals surface area contributed by atoms with Gasteiger partial charge in [-0.25, -0.2) is 15.4 Å². The lowest BCUT2D eigenvalue weighted by molar-refractivity contribution is 0.306. The van der Waals surface area contributed by atoms with Gasteiger partial charge >= 0.3 is 0 Å². The van der Waals surface area contributed by atoms with Crippen LogP contribution in [0.5, 0.6) is 5.75 Å². The first-order valence-corrected chi connectivity index (χ1v) is 10.5. The maximum absolute atomic E-state index is 6.10. The van der Waals surface area contributed by atoms with Gasteiger partial charge in [-0.1, -0.05) is 17.7 Å². The van der Waals surface area contributed by atoms with E-state index >= 15 is 0 Å². The van der Waals surface area contributed by atoms with Gasteiger partial charge in [-0.3, -0.25) is 4.98 Å². The van der Waals surface area contributed by atoms with Crippen molar-refractivity contribution >= 4 is 28.1 Å². The zero-order chi connectivity index (χ0) is 21.9. The van der Waals surface area contributed by atoms with Crippen molar-refractivity contribution in [1.82, 2.24) is 25.4 Å². The molecule has 2 N–H and O–H groups in total. The van der Waals surface area contributed by atoms with Crippen LogP contribution in [0.15, 0.2) is 73.3 Å². The van der Waals surface area contributed by atoms with Crippen molar-refractivity contribution in [3.05, 3.63) is 90.0 Å². The number of fused-ring (bicyclic) bond motifs is 1. The van der Waals surface area contributed by atoms with E-state index in [9.17, 15) is 0 Å². The average molecular weight is 425 g/mol. The molecule has 1 aliphatic heterocycles.